The summed E-state index contributed by atoms with van der Waals surface area (Å²) in [6.07, 6.45) is 1.44. The number of nitrogens with one attached hydrogen (secondary N) is 1. The van der Waals surface area contributed by atoms with Gasteiger partial charge in [-0.25, -0.2) is 5.43 Å². The summed E-state index contributed by atoms with van der Waals surface area (Å²) in [5.74, 6) is 0.622. The largest absolute Gasteiger partial charge is 0.493 e. The van der Waals surface area contributed by atoms with Gasteiger partial charge in [-0.05, 0) is 36.8 Å². The highest BCUT2D eigenvalue weighted by molar-refractivity contribution is 5.95. The third-order valence-electron chi connectivity index (χ3n) is 3.19. The monoisotopic (exact) mass is 343 g/mol. The molecule has 1 N–H and O–H groups in total. The zero-order chi connectivity index (χ0) is 18.2. The summed E-state index contributed by atoms with van der Waals surface area (Å²) in [6.45, 7) is 2.39. The van der Waals surface area contributed by atoms with E-state index >= 15 is 0 Å². The molecule has 0 aliphatic heterocycles. The van der Waals surface area contributed by atoms with Gasteiger partial charge in [-0.2, -0.15) is 5.10 Å². The fraction of sp³-hybridized carbons (Fsp3) is 0.176. The number of rotatable bonds is 7. The van der Waals surface area contributed by atoms with Crippen LogP contribution in [0, 0.1) is 10.1 Å². The van der Waals surface area contributed by atoms with Crippen LogP contribution in [0.3, 0.4) is 0 Å². The number of nitrogens with zero attached hydrogens (tertiary/aromatic N) is 2. The minimum absolute atomic E-state index is 0.149. The quantitative estimate of drug-likeness (QED) is 0.473. The van der Waals surface area contributed by atoms with Crippen molar-refractivity contribution in [3.8, 4) is 11.5 Å². The first-order valence-electron chi connectivity index (χ1n) is 7.44. The second kappa shape index (κ2) is 8.44. The Morgan fingerprint density at radius 3 is 2.76 bits per heavy atom. The van der Waals surface area contributed by atoms with E-state index < -0.39 is 10.8 Å². The van der Waals surface area contributed by atoms with E-state index in [0.717, 1.165) is 0 Å². The van der Waals surface area contributed by atoms with Gasteiger partial charge in [0.15, 0.2) is 11.5 Å². The molecule has 0 bridgehead atoms. The second-order valence-electron chi connectivity index (χ2n) is 4.85. The maximum absolute atomic E-state index is 12.0. The van der Waals surface area contributed by atoms with E-state index in [0.29, 0.717) is 23.7 Å². The minimum atomic E-state index is -0.563. The second-order valence-corrected chi connectivity index (χ2v) is 4.85. The number of hydrogen-bond acceptors (Lipinski definition) is 6. The summed E-state index contributed by atoms with van der Waals surface area (Å²) in [7, 11) is 1.53. The Balaban J connectivity index is 2.06. The maximum atomic E-state index is 12.0. The van der Waals surface area contributed by atoms with Crippen LogP contribution in [-0.2, 0) is 0 Å². The van der Waals surface area contributed by atoms with Crippen LogP contribution in [0.4, 0.5) is 5.69 Å². The smallest absolute Gasteiger partial charge is 0.271 e. The first-order valence-corrected chi connectivity index (χ1v) is 7.44. The minimum Gasteiger partial charge on any atom is -0.493 e. The molecule has 0 aliphatic rings. The number of nitro groups is 1. The number of carbonyl (C=O) groups is 1. The third kappa shape index (κ3) is 4.77. The van der Waals surface area contributed by atoms with Crippen LogP contribution in [-0.4, -0.2) is 30.8 Å². The van der Waals surface area contributed by atoms with E-state index in [1.165, 1.54) is 37.6 Å². The van der Waals surface area contributed by atoms with Gasteiger partial charge in [-0.1, -0.05) is 6.07 Å². The molecular weight excluding hydrogens is 326 g/mol. The van der Waals surface area contributed by atoms with Crippen molar-refractivity contribution in [3.05, 3.63) is 63.7 Å². The van der Waals surface area contributed by atoms with E-state index in [1.807, 2.05) is 6.92 Å². The molecule has 0 fully saturated rings. The molecule has 0 atom stereocenters. The maximum Gasteiger partial charge on any atom is 0.271 e. The van der Waals surface area contributed by atoms with Crippen LogP contribution >= 0.6 is 0 Å². The van der Waals surface area contributed by atoms with E-state index in [1.54, 1.807) is 18.2 Å². The Labute approximate surface area is 144 Å². The highest BCUT2D eigenvalue weighted by atomic mass is 16.6. The number of ether oxygens (including phenoxy) is 2. The van der Waals surface area contributed by atoms with Crippen LogP contribution in [0.1, 0.15) is 22.8 Å². The number of hydrazone groups is 1. The molecule has 130 valence electrons. The number of methoxy groups -OCH3 is 1. The molecule has 0 unspecified atom stereocenters. The fourth-order valence-electron chi connectivity index (χ4n) is 2.03. The van der Waals surface area contributed by atoms with Crippen LogP contribution in [0.5, 0.6) is 11.5 Å². The number of non-ortho nitro benzene ring substituents is 1. The normalized spacial score (nSPS) is 10.5. The first-order chi connectivity index (χ1) is 12.0. The molecule has 1 amide bonds. The van der Waals surface area contributed by atoms with Gasteiger partial charge in [0.05, 0.1) is 24.9 Å². The van der Waals surface area contributed by atoms with Crippen molar-refractivity contribution >= 4 is 17.8 Å². The van der Waals surface area contributed by atoms with Crippen LogP contribution in [0.15, 0.2) is 47.6 Å². The van der Waals surface area contributed by atoms with Crippen molar-refractivity contribution in [2.75, 3.05) is 13.7 Å². The van der Waals surface area contributed by atoms with E-state index in [-0.39, 0.29) is 11.3 Å². The molecule has 2 aromatic rings. The summed E-state index contributed by atoms with van der Waals surface area (Å²) >= 11 is 0. The molecule has 8 heteroatoms. The van der Waals surface area contributed by atoms with Crippen molar-refractivity contribution in [1.29, 1.82) is 0 Å². The van der Waals surface area contributed by atoms with Gasteiger partial charge < -0.3 is 9.47 Å². The Hall–Kier alpha value is -3.42. The van der Waals surface area contributed by atoms with E-state index in [4.69, 9.17) is 9.47 Å². The van der Waals surface area contributed by atoms with Gasteiger partial charge in [-0.3, -0.25) is 14.9 Å². The standard InChI is InChI=1S/C17H17N3O5/c1-3-25-15-8-7-12(9-16(15)24-2)11-18-19-17(21)13-5-4-6-14(10-13)20(22)23/h4-11H,3H2,1-2H3,(H,19,21)/b18-11+. The summed E-state index contributed by atoms with van der Waals surface area (Å²) in [5, 5.41) is 14.6. The number of carbonyl (C=O) groups excluding carboxylic acids is 1. The average Bonchev–Trinajstić information content (AvgIpc) is 2.63. The first kappa shape index (κ1) is 17.9. The van der Waals surface area contributed by atoms with Gasteiger partial charge in [-0.15, -0.1) is 0 Å². The molecular formula is C17H17N3O5. The molecule has 2 rings (SSSR count). The Morgan fingerprint density at radius 1 is 1.28 bits per heavy atom. The third-order valence-corrected chi connectivity index (χ3v) is 3.19. The van der Waals surface area contributed by atoms with Gasteiger partial charge in [0.2, 0.25) is 0 Å². The highest BCUT2D eigenvalue weighted by Gasteiger charge is 2.10. The number of amides is 1. The predicted molar refractivity (Wildman–Crippen MR) is 92.3 cm³/mol. The van der Waals surface area contributed by atoms with Gasteiger partial charge in [0.25, 0.3) is 11.6 Å². The fourth-order valence-corrected chi connectivity index (χ4v) is 2.03. The lowest BCUT2D eigenvalue weighted by Gasteiger charge is -2.09. The summed E-state index contributed by atoms with van der Waals surface area (Å²) in [5.41, 5.74) is 3.01. The molecule has 2 aromatic carbocycles. The lowest BCUT2D eigenvalue weighted by Crippen LogP contribution is -2.17. The number of nitro benzene ring substituents is 1. The summed E-state index contributed by atoms with van der Waals surface area (Å²) in [6, 6.07) is 10.6. The molecule has 0 saturated heterocycles. The zero-order valence-electron chi connectivity index (χ0n) is 13.8. The summed E-state index contributed by atoms with van der Waals surface area (Å²) in [4.78, 5) is 22.1. The Kier molecular flexibility index (Phi) is 6.05. The molecule has 0 aromatic heterocycles. The Morgan fingerprint density at radius 2 is 2.08 bits per heavy atom. The highest BCUT2D eigenvalue weighted by Crippen LogP contribution is 2.27. The molecule has 25 heavy (non-hydrogen) atoms. The molecule has 0 aliphatic carbocycles. The molecule has 0 heterocycles. The van der Waals surface area contributed by atoms with Gasteiger partial charge in [0.1, 0.15) is 0 Å². The Bertz CT molecular complexity index is 805. The lowest BCUT2D eigenvalue weighted by molar-refractivity contribution is -0.384. The van der Waals surface area contributed by atoms with Crippen LogP contribution < -0.4 is 14.9 Å². The number of benzene rings is 2. The van der Waals surface area contributed by atoms with Gasteiger partial charge in [0, 0.05) is 17.7 Å². The summed E-state index contributed by atoms with van der Waals surface area (Å²) < 4.78 is 10.7. The molecule has 0 spiro atoms. The topological polar surface area (TPSA) is 103 Å². The SMILES string of the molecule is CCOc1ccc(/C=N/NC(=O)c2cccc([N+](=O)[O-])c2)cc1OC. The number of hydrogen-bond donors (Lipinski definition) is 1. The molecule has 0 saturated carbocycles. The van der Waals surface area contributed by atoms with Crippen molar-refractivity contribution in [1.82, 2.24) is 5.43 Å². The van der Waals surface area contributed by atoms with E-state index in [9.17, 15) is 14.9 Å². The molecule has 0 radical (unpaired) electrons. The van der Waals surface area contributed by atoms with Crippen LogP contribution in [0.2, 0.25) is 0 Å². The van der Waals surface area contributed by atoms with Crippen molar-refractivity contribution in [2.24, 2.45) is 5.10 Å². The van der Waals surface area contributed by atoms with E-state index in [2.05, 4.69) is 10.5 Å². The lowest BCUT2D eigenvalue weighted by atomic mass is 10.2. The van der Waals surface area contributed by atoms with Crippen molar-refractivity contribution < 1.29 is 19.2 Å². The van der Waals surface area contributed by atoms with Crippen molar-refractivity contribution in [2.45, 2.75) is 6.92 Å². The molecule has 8 nitrogen and oxygen atoms in total. The van der Waals surface area contributed by atoms with Crippen molar-refractivity contribution in [3.63, 3.8) is 0 Å². The predicted octanol–water partition coefficient (Wildman–Crippen LogP) is 2.77. The zero-order valence-corrected chi connectivity index (χ0v) is 13.8. The van der Waals surface area contributed by atoms with Crippen LogP contribution in [0.25, 0.3) is 0 Å². The average molecular weight is 343 g/mol. The van der Waals surface area contributed by atoms with Gasteiger partial charge >= 0.3 is 0 Å².